The normalized spacial score (nSPS) is 21.2. The van der Waals surface area contributed by atoms with Crippen molar-refractivity contribution in [2.75, 3.05) is 13.1 Å². The van der Waals surface area contributed by atoms with Gasteiger partial charge in [0.05, 0.1) is 0 Å². The number of nitrogens with one attached hydrogen (secondary N) is 2. The van der Waals surface area contributed by atoms with E-state index in [9.17, 15) is 8.42 Å². The maximum atomic E-state index is 11.9. The Kier molecular flexibility index (Phi) is 3.22. The van der Waals surface area contributed by atoms with Crippen molar-refractivity contribution < 1.29 is 8.42 Å². The van der Waals surface area contributed by atoms with Crippen molar-refractivity contribution in [2.45, 2.75) is 24.4 Å². The molecule has 0 spiro atoms. The molecule has 1 saturated heterocycles. The summed E-state index contributed by atoms with van der Waals surface area (Å²) >= 11 is 0. The van der Waals surface area contributed by atoms with Crippen molar-refractivity contribution in [1.82, 2.24) is 15.0 Å². The van der Waals surface area contributed by atoms with E-state index in [1.54, 1.807) is 12.1 Å². The molecular weight excluding hydrogens is 226 g/mol. The van der Waals surface area contributed by atoms with Gasteiger partial charge in [-0.1, -0.05) is 0 Å². The average Bonchev–Trinajstić information content (AvgIpc) is 2.70. The van der Waals surface area contributed by atoms with Crippen LogP contribution in [-0.2, 0) is 10.0 Å². The first-order chi connectivity index (χ1) is 7.58. The third-order valence-electron chi connectivity index (χ3n) is 2.55. The van der Waals surface area contributed by atoms with Crippen molar-refractivity contribution in [3.05, 3.63) is 23.9 Å². The van der Waals surface area contributed by atoms with Crippen LogP contribution in [0.15, 0.2) is 23.4 Å². The van der Waals surface area contributed by atoms with Gasteiger partial charge in [0.25, 0.3) is 10.0 Å². The third kappa shape index (κ3) is 2.58. The van der Waals surface area contributed by atoms with Crippen molar-refractivity contribution >= 4 is 10.0 Å². The molecule has 5 nitrogen and oxygen atoms in total. The zero-order valence-corrected chi connectivity index (χ0v) is 9.92. The Bertz CT molecular complexity index is 467. The molecule has 1 aliphatic heterocycles. The largest absolute Gasteiger partial charge is 0.315 e. The molecule has 88 valence electrons. The summed E-state index contributed by atoms with van der Waals surface area (Å²) in [5.74, 6) is 0. The predicted octanol–water partition coefficient (Wildman–Crippen LogP) is 0.0302. The van der Waals surface area contributed by atoms with E-state index in [0.717, 1.165) is 18.5 Å². The quantitative estimate of drug-likeness (QED) is 0.783. The zero-order chi connectivity index (χ0) is 11.6. The van der Waals surface area contributed by atoms with Crippen molar-refractivity contribution in [1.29, 1.82) is 0 Å². The summed E-state index contributed by atoms with van der Waals surface area (Å²) < 4.78 is 26.5. The third-order valence-corrected chi connectivity index (χ3v) is 3.97. The molecule has 1 atom stereocenters. The molecule has 6 heteroatoms. The maximum absolute atomic E-state index is 11.9. The first kappa shape index (κ1) is 11.5. The SMILES string of the molecule is Cc1ccnc(S(=O)(=O)N[C@@H]2CCNC2)c1. The van der Waals surface area contributed by atoms with Crippen molar-refractivity contribution in [3.63, 3.8) is 0 Å². The molecule has 2 rings (SSSR count). The fourth-order valence-electron chi connectivity index (χ4n) is 1.69. The molecule has 1 aromatic rings. The molecule has 0 aliphatic carbocycles. The van der Waals surface area contributed by atoms with Crippen LogP contribution in [-0.4, -0.2) is 32.5 Å². The van der Waals surface area contributed by atoms with E-state index in [0.29, 0.717) is 6.54 Å². The molecule has 1 aliphatic rings. The van der Waals surface area contributed by atoms with E-state index in [4.69, 9.17) is 0 Å². The lowest BCUT2D eigenvalue weighted by Gasteiger charge is -2.11. The minimum Gasteiger partial charge on any atom is -0.315 e. The van der Waals surface area contributed by atoms with E-state index in [-0.39, 0.29) is 11.1 Å². The van der Waals surface area contributed by atoms with E-state index in [1.807, 2.05) is 6.92 Å². The monoisotopic (exact) mass is 241 g/mol. The molecule has 1 aromatic heterocycles. The molecule has 0 bridgehead atoms. The van der Waals surface area contributed by atoms with Crippen LogP contribution in [0.25, 0.3) is 0 Å². The Balaban J connectivity index is 2.18. The highest BCUT2D eigenvalue weighted by atomic mass is 32.2. The molecule has 0 radical (unpaired) electrons. The van der Waals surface area contributed by atoms with Gasteiger partial charge in [-0.05, 0) is 37.6 Å². The van der Waals surface area contributed by atoms with E-state index in [1.165, 1.54) is 6.20 Å². The second-order valence-corrected chi connectivity index (χ2v) is 5.64. The molecule has 16 heavy (non-hydrogen) atoms. The van der Waals surface area contributed by atoms with Gasteiger partial charge in [-0.3, -0.25) is 0 Å². The van der Waals surface area contributed by atoms with Gasteiger partial charge in [-0.2, -0.15) is 0 Å². The Labute approximate surface area is 95.3 Å². The van der Waals surface area contributed by atoms with Crippen LogP contribution in [0.4, 0.5) is 0 Å². The summed E-state index contributed by atoms with van der Waals surface area (Å²) in [6, 6.07) is 3.33. The van der Waals surface area contributed by atoms with Gasteiger partial charge in [0, 0.05) is 18.8 Å². The smallest absolute Gasteiger partial charge is 0.258 e. The number of sulfonamides is 1. The van der Waals surface area contributed by atoms with Crippen LogP contribution in [0.2, 0.25) is 0 Å². The van der Waals surface area contributed by atoms with Gasteiger partial charge in [-0.25, -0.2) is 18.1 Å². The van der Waals surface area contributed by atoms with Gasteiger partial charge < -0.3 is 5.32 Å². The Morgan fingerprint density at radius 3 is 3.00 bits per heavy atom. The molecule has 0 saturated carbocycles. The fraction of sp³-hybridized carbons (Fsp3) is 0.500. The van der Waals surface area contributed by atoms with Gasteiger partial charge in [0.1, 0.15) is 0 Å². The molecule has 0 aromatic carbocycles. The fourth-order valence-corrected chi connectivity index (χ4v) is 2.99. The maximum Gasteiger partial charge on any atom is 0.258 e. The number of hydrogen-bond acceptors (Lipinski definition) is 4. The summed E-state index contributed by atoms with van der Waals surface area (Å²) in [5, 5.41) is 3.21. The molecule has 2 heterocycles. The standard InChI is InChI=1S/C10H15N3O2S/c1-8-2-5-12-10(6-8)16(14,15)13-9-3-4-11-7-9/h2,5-6,9,11,13H,3-4,7H2,1H3/t9-/m1/s1. The van der Waals surface area contributed by atoms with Crippen LogP contribution in [0.1, 0.15) is 12.0 Å². The van der Waals surface area contributed by atoms with Crippen molar-refractivity contribution in [3.8, 4) is 0 Å². The lowest BCUT2D eigenvalue weighted by atomic mass is 10.3. The topological polar surface area (TPSA) is 71.1 Å². The summed E-state index contributed by atoms with van der Waals surface area (Å²) in [6.45, 7) is 3.39. The van der Waals surface area contributed by atoms with E-state index in [2.05, 4.69) is 15.0 Å². The van der Waals surface area contributed by atoms with Crippen LogP contribution < -0.4 is 10.0 Å². The number of rotatable bonds is 3. The van der Waals surface area contributed by atoms with Gasteiger partial charge in [0.15, 0.2) is 5.03 Å². The molecule has 0 amide bonds. The summed E-state index contributed by atoms with van der Waals surface area (Å²) in [7, 11) is -3.47. The lowest BCUT2D eigenvalue weighted by Crippen LogP contribution is -2.36. The molecular formula is C10H15N3O2S. The molecule has 2 N–H and O–H groups in total. The van der Waals surface area contributed by atoms with E-state index >= 15 is 0 Å². The van der Waals surface area contributed by atoms with Gasteiger partial charge in [0.2, 0.25) is 0 Å². The Morgan fingerprint density at radius 1 is 1.56 bits per heavy atom. The van der Waals surface area contributed by atoms with Gasteiger partial charge >= 0.3 is 0 Å². The van der Waals surface area contributed by atoms with Crippen molar-refractivity contribution in [2.24, 2.45) is 0 Å². The van der Waals surface area contributed by atoms with Crippen LogP contribution in [0.3, 0.4) is 0 Å². The predicted molar refractivity (Wildman–Crippen MR) is 60.6 cm³/mol. The summed E-state index contributed by atoms with van der Waals surface area (Å²) in [5.41, 5.74) is 0.889. The zero-order valence-electron chi connectivity index (χ0n) is 9.10. The first-order valence-electron chi connectivity index (χ1n) is 5.24. The number of pyridine rings is 1. The van der Waals surface area contributed by atoms with Crippen LogP contribution in [0, 0.1) is 6.92 Å². The summed E-state index contributed by atoms with van der Waals surface area (Å²) in [6.07, 6.45) is 2.34. The average molecular weight is 241 g/mol. The minimum atomic E-state index is -3.47. The summed E-state index contributed by atoms with van der Waals surface area (Å²) in [4.78, 5) is 3.88. The molecule has 0 unspecified atom stereocenters. The van der Waals surface area contributed by atoms with Gasteiger partial charge in [-0.15, -0.1) is 0 Å². The highest BCUT2D eigenvalue weighted by Crippen LogP contribution is 2.09. The Hall–Kier alpha value is -0.980. The Morgan fingerprint density at radius 2 is 2.38 bits per heavy atom. The van der Waals surface area contributed by atoms with Crippen LogP contribution >= 0.6 is 0 Å². The minimum absolute atomic E-state index is 0.0210. The first-order valence-corrected chi connectivity index (χ1v) is 6.72. The number of nitrogens with zero attached hydrogens (tertiary/aromatic N) is 1. The molecule has 1 fully saturated rings. The highest BCUT2D eigenvalue weighted by molar-refractivity contribution is 7.89. The lowest BCUT2D eigenvalue weighted by molar-refractivity contribution is 0.556. The second-order valence-electron chi connectivity index (χ2n) is 3.98. The number of aryl methyl sites for hydroxylation is 1. The number of hydrogen-bond donors (Lipinski definition) is 2. The second kappa shape index (κ2) is 4.48. The number of aromatic nitrogens is 1. The highest BCUT2D eigenvalue weighted by Gasteiger charge is 2.23. The van der Waals surface area contributed by atoms with Crippen LogP contribution in [0.5, 0.6) is 0 Å². The van der Waals surface area contributed by atoms with E-state index < -0.39 is 10.0 Å².